The number of carbonyl (C=O) groups is 2. The molecule has 0 aromatic heterocycles. The number of anilines is 1. The summed E-state index contributed by atoms with van der Waals surface area (Å²) < 4.78 is 0. The zero-order chi connectivity index (χ0) is 19.6. The van der Waals surface area contributed by atoms with Gasteiger partial charge >= 0.3 is 5.97 Å². The number of benzene rings is 1. The molecule has 1 aromatic rings. The van der Waals surface area contributed by atoms with Crippen LogP contribution >= 0.6 is 0 Å². The maximum atomic E-state index is 13.0. The highest BCUT2D eigenvalue weighted by Crippen LogP contribution is 2.29. The Bertz CT molecular complexity index is 685. The predicted octanol–water partition coefficient (Wildman–Crippen LogP) is 4.17. The van der Waals surface area contributed by atoms with Gasteiger partial charge in [-0.15, -0.1) is 0 Å². The van der Waals surface area contributed by atoms with Gasteiger partial charge in [0.05, 0.1) is 5.92 Å². The fraction of sp³-hybridized carbons (Fsp3) is 0.636. The van der Waals surface area contributed by atoms with Gasteiger partial charge in [0, 0.05) is 30.4 Å². The Labute approximate surface area is 162 Å². The minimum Gasteiger partial charge on any atom is -0.481 e. The van der Waals surface area contributed by atoms with E-state index in [4.69, 9.17) is 5.11 Å². The van der Waals surface area contributed by atoms with Gasteiger partial charge in [0.25, 0.3) is 5.91 Å². The van der Waals surface area contributed by atoms with E-state index in [0.29, 0.717) is 24.7 Å². The standard InChI is InChI=1S/C22H32N2O3/c1-14-10-15(2)13-24(12-14)21(25)18-5-4-16(3)20(11-18)23-19-8-6-17(7-9-19)22(26)27/h4-5,11,14-15,17,19,23H,6-10,12-13H2,1-3H3,(H,26,27). The van der Waals surface area contributed by atoms with Gasteiger partial charge < -0.3 is 15.3 Å². The van der Waals surface area contributed by atoms with Crippen molar-refractivity contribution in [2.24, 2.45) is 17.8 Å². The van der Waals surface area contributed by atoms with Crippen LogP contribution in [0.2, 0.25) is 0 Å². The van der Waals surface area contributed by atoms with E-state index in [1.165, 1.54) is 6.42 Å². The molecule has 27 heavy (non-hydrogen) atoms. The second kappa shape index (κ2) is 8.32. The maximum Gasteiger partial charge on any atom is 0.306 e. The highest BCUT2D eigenvalue weighted by atomic mass is 16.4. The number of piperidine rings is 1. The van der Waals surface area contributed by atoms with Crippen LogP contribution in [0.1, 0.15) is 61.9 Å². The highest BCUT2D eigenvalue weighted by molar-refractivity contribution is 5.95. The van der Waals surface area contributed by atoms with Crippen LogP contribution < -0.4 is 5.32 Å². The molecule has 2 unspecified atom stereocenters. The van der Waals surface area contributed by atoms with Gasteiger partial charge in [0.2, 0.25) is 0 Å². The summed E-state index contributed by atoms with van der Waals surface area (Å²) in [6.07, 6.45) is 4.33. The van der Waals surface area contributed by atoms with Crippen molar-refractivity contribution in [3.05, 3.63) is 29.3 Å². The topological polar surface area (TPSA) is 69.6 Å². The molecule has 3 rings (SSSR count). The number of nitrogens with one attached hydrogen (secondary N) is 1. The lowest BCUT2D eigenvalue weighted by molar-refractivity contribution is -0.142. The van der Waals surface area contributed by atoms with Crippen molar-refractivity contribution >= 4 is 17.6 Å². The fourth-order valence-electron chi connectivity index (χ4n) is 4.63. The Morgan fingerprint density at radius 1 is 1.07 bits per heavy atom. The molecule has 1 aliphatic carbocycles. The molecule has 1 aliphatic heterocycles. The largest absolute Gasteiger partial charge is 0.481 e. The number of rotatable bonds is 4. The van der Waals surface area contributed by atoms with Crippen molar-refractivity contribution in [3.8, 4) is 0 Å². The summed E-state index contributed by atoms with van der Waals surface area (Å²) in [7, 11) is 0. The molecule has 5 heteroatoms. The number of amides is 1. The van der Waals surface area contributed by atoms with Gasteiger partial charge in [-0.1, -0.05) is 19.9 Å². The van der Waals surface area contributed by atoms with Crippen LogP contribution in [0.5, 0.6) is 0 Å². The molecular weight excluding hydrogens is 340 g/mol. The lowest BCUT2D eigenvalue weighted by Crippen LogP contribution is -2.42. The van der Waals surface area contributed by atoms with Gasteiger partial charge in [0.15, 0.2) is 0 Å². The van der Waals surface area contributed by atoms with Crippen molar-refractivity contribution in [2.45, 2.75) is 58.9 Å². The first kappa shape index (κ1) is 19.7. The number of hydrogen-bond donors (Lipinski definition) is 2. The smallest absolute Gasteiger partial charge is 0.306 e. The summed E-state index contributed by atoms with van der Waals surface area (Å²) >= 11 is 0. The van der Waals surface area contributed by atoms with Gasteiger partial charge in [-0.05, 0) is 68.6 Å². The molecule has 148 valence electrons. The normalized spacial score (nSPS) is 28.6. The fourth-order valence-corrected chi connectivity index (χ4v) is 4.63. The first-order valence-electron chi connectivity index (χ1n) is 10.2. The van der Waals surface area contributed by atoms with Crippen LogP contribution in [-0.4, -0.2) is 41.0 Å². The van der Waals surface area contributed by atoms with Gasteiger partial charge in [0.1, 0.15) is 0 Å². The number of carboxylic acids is 1. The first-order valence-corrected chi connectivity index (χ1v) is 10.2. The zero-order valence-corrected chi connectivity index (χ0v) is 16.7. The molecule has 2 atom stereocenters. The van der Waals surface area contributed by atoms with Gasteiger partial charge in [-0.25, -0.2) is 0 Å². The third kappa shape index (κ3) is 4.82. The molecule has 1 saturated heterocycles. The number of aliphatic carboxylic acids is 1. The lowest BCUT2D eigenvalue weighted by atomic mass is 9.86. The average Bonchev–Trinajstić information content (AvgIpc) is 2.62. The summed E-state index contributed by atoms with van der Waals surface area (Å²) in [5.41, 5.74) is 2.86. The summed E-state index contributed by atoms with van der Waals surface area (Å²) in [6.45, 7) is 8.14. The molecule has 2 fully saturated rings. The van der Waals surface area contributed by atoms with Gasteiger partial charge in [-0.3, -0.25) is 9.59 Å². The molecule has 2 N–H and O–H groups in total. The van der Waals surface area contributed by atoms with Crippen LogP contribution in [0.25, 0.3) is 0 Å². The third-order valence-corrected chi connectivity index (χ3v) is 6.08. The third-order valence-electron chi connectivity index (χ3n) is 6.08. The molecule has 0 radical (unpaired) electrons. The quantitative estimate of drug-likeness (QED) is 0.832. The van der Waals surface area contributed by atoms with E-state index < -0.39 is 5.97 Å². The molecule has 5 nitrogen and oxygen atoms in total. The van der Waals surface area contributed by atoms with E-state index in [2.05, 4.69) is 19.2 Å². The van der Waals surface area contributed by atoms with E-state index in [0.717, 1.165) is 42.7 Å². The van der Waals surface area contributed by atoms with E-state index in [9.17, 15) is 9.59 Å². The summed E-state index contributed by atoms with van der Waals surface area (Å²) in [4.78, 5) is 26.1. The van der Waals surface area contributed by atoms with E-state index in [-0.39, 0.29) is 17.9 Å². The Morgan fingerprint density at radius 3 is 2.30 bits per heavy atom. The molecule has 1 saturated carbocycles. The Morgan fingerprint density at radius 2 is 1.70 bits per heavy atom. The number of nitrogens with zero attached hydrogens (tertiary/aromatic N) is 1. The molecule has 1 amide bonds. The summed E-state index contributed by atoms with van der Waals surface area (Å²) in [5, 5.41) is 12.7. The minimum absolute atomic E-state index is 0.117. The maximum absolute atomic E-state index is 13.0. The number of carboxylic acid groups (broad SMARTS) is 1. The van der Waals surface area contributed by atoms with Crippen molar-refractivity contribution in [3.63, 3.8) is 0 Å². The molecular formula is C22H32N2O3. The molecule has 0 bridgehead atoms. The van der Waals surface area contributed by atoms with E-state index in [1.807, 2.05) is 30.0 Å². The number of carbonyl (C=O) groups excluding carboxylic acids is 1. The average molecular weight is 373 g/mol. The highest BCUT2D eigenvalue weighted by Gasteiger charge is 2.28. The predicted molar refractivity (Wildman–Crippen MR) is 107 cm³/mol. The minimum atomic E-state index is -0.679. The van der Waals surface area contributed by atoms with Crippen molar-refractivity contribution in [1.29, 1.82) is 0 Å². The number of hydrogen-bond acceptors (Lipinski definition) is 3. The van der Waals surface area contributed by atoms with E-state index >= 15 is 0 Å². The number of aryl methyl sites for hydroxylation is 1. The summed E-state index contributed by atoms with van der Waals surface area (Å²) in [6, 6.07) is 6.19. The van der Waals surface area contributed by atoms with Crippen LogP contribution in [-0.2, 0) is 4.79 Å². The van der Waals surface area contributed by atoms with Crippen LogP contribution in [0.15, 0.2) is 18.2 Å². The van der Waals surface area contributed by atoms with Crippen LogP contribution in [0, 0.1) is 24.7 Å². The second-order valence-electron chi connectivity index (χ2n) is 8.72. The monoisotopic (exact) mass is 372 g/mol. The second-order valence-corrected chi connectivity index (χ2v) is 8.72. The van der Waals surface area contributed by atoms with Crippen LogP contribution in [0.4, 0.5) is 5.69 Å². The van der Waals surface area contributed by atoms with Crippen molar-refractivity contribution in [1.82, 2.24) is 4.90 Å². The molecule has 1 aromatic carbocycles. The molecule has 2 aliphatic rings. The SMILES string of the molecule is Cc1ccc(C(=O)N2CC(C)CC(C)C2)cc1NC1CCC(C(=O)O)CC1. The number of likely N-dealkylation sites (tertiary alicyclic amines) is 1. The van der Waals surface area contributed by atoms with Crippen LogP contribution in [0.3, 0.4) is 0 Å². The Hall–Kier alpha value is -2.04. The van der Waals surface area contributed by atoms with Gasteiger partial charge in [-0.2, -0.15) is 0 Å². The van der Waals surface area contributed by atoms with E-state index in [1.54, 1.807) is 0 Å². The molecule has 1 heterocycles. The van der Waals surface area contributed by atoms with Crippen molar-refractivity contribution in [2.75, 3.05) is 18.4 Å². The Kier molecular flexibility index (Phi) is 6.08. The first-order chi connectivity index (χ1) is 12.8. The zero-order valence-electron chi connectivity index (χ0n) is 16.7. The molecule has 0 spiro atoms. The Balaban J connectivity index is 1.67. The lowest BCUT2D eigenvalue weighted by Gasteiger charge is -2.35. The van der Waals surface area contributed by atoms with Crippen molar-refractivity contribution < 1.29 is 14.7 Å². The summed E-state index contributed by atoms with van der Waals surface area (Å²) in [5.74, 6) is 0.323.